The maximum absolute atomic E-state index is 11.7. The molecule has 0 aliphatic rings. The fourth-order valence-corrected chi connectivity index (χ4v) is 2.35. The molecule has 0 rings (SSSR count). The summed E-state index contributed by atoms with van der Waals surface area (Å²) in [6, 6.07) is 0. The third-order valence-electron chi connectivity index (χ3n) is 3.86. The first kappa shape index (κ1) is 22.9. The first-order chi connectivity index (χ1) is 11.7. The Bertz CT molecular complexity index is 341. The van der Waals surface area contributed by atoms with Gasteiger partial charge in [-0.3, -0.25) is 9.69 Å². The van der Waals surface area contributed by atoms with Crippen LogP contribution in [-0.2, 0) is 4.79 Å². The maximum atomic E-state index is 11.7. The van der Waals surface area contributed by atoms with Crippen LogP contribution in [0.3, 0.4) is 0 Å². The van der Waals surface area contributed by atoms with E-state index < -0.39 is 0 Å². The molecule has 0 aromatic carbocycles. The van der Waals surface area contributed by atoms with E-state index >= 15 is 0 Å². The highest BCUT2D eigenvalue weighted by atomic mass is 16.3. The Hall–Kier alpha value is -1.13. The molecule has 0 radical (unpaired) electrons. The van der Waals surface area contributed by atoms with Crippen LogP contribution in [0.5, 0.6) is 0 Å². The van der Waals surface area contributed by atoms with Gasteiger partial charge in [0.1, 0.15) is 0 Å². The van der Waals surface area contributed by atoms with E-state index in [1.807, 2.05) is 6.08 Å². The van der Waals surface area contributed by atoms with Gasteiger partial charge in [-0.25, -0.2) is 0 Å². The van der Waals surface area contributed by atoms with E-state index in [2.05, 4.69) is 42.3 Å². The van der Waals surface area contributed by atoms with E-state index in [1.165, 1.54) is 25.7 Å². The van der Waals surface area contributed by atoms with Crippen LogP contribution in [0, 0.1) is 0 Å². The molecule has 0 saturated heterocycles. The molecule has 0 fully saturated rings. The molecule has 0 atom stereocenters. The van der Waals surface area contributed by atoms with Crippen LogP contribution in [0.15, 0.2) is 24.3 Å². The van der Waals surface area contributed by atoms with E-state index in [4.69, 9.17) is 5.11 Å². The van der Waals surface area contributed by atoms with E-state index in [0.29, 0.717) is 19.5 Å². The van der Waals surface area contributed by atoms with Gasteiger partial charge < -0.3 is 10.4 Å². The lowest BCUT2D eigenvalue weighted by molar-refractivity contribution is -0.120. The van der Waals surface area contributed by atoms with Gasteiger partial charge in [-0.1, -0.05) is 63.8 Å². The molecule has 0 bridgehead atoms. The van der Waals surface area contributed by atoms with Gasteiger partial charge in [0.15, 0.2) is 0 Å². The van der Waals surface area contributed by atoms with Crippen molar-refractivity contribution < 1.29 is 9.90 Å². The summed E-state index contributed by atoms with van der Waals surface area (Å²) in [5.41, 5.74) is 0. The molecule has 140 valence electrons. The summed E-state index contributed by atoms with van der Waals surface area (Å²) < 4.78 is 0. The topological polar surface area (TPSA) is 52.6 Å². The summed E-state index contributed by atoms with van der Waals surface area (Å²) in [6.07, 6.45) is 17.0. The van der Waals surface area contributed by atoms with E-state index in [1.54, 1.807) is 0 Å². The molecule has 4 nitrogen and oxygen atoms in total. The number of nitrogens with zero attached hydrogens (tertiary/aromatic N) is 1. The Labute approximate surface area is 149 Å². The van der Waals surface area contributed by atoms with Crippen LogP contribution in [0.1, 0.15) is 65.2 Å². The van der Waals surface area contributed by atoms with Crippen molar-refractivity contribution in [3.8, 4) is 0 Å². The van der Waals surface area contributed by atoms with Crippen molar-refractivity contribution in [3.63, 3.8) is 0 Å². The van der Waals surface area contributed by atoms with Gasteiger partial charge in [0.2, 0.25) is 5.91 Å². The van der Waals surface area contributed by atoms with Crippen molar-refractivity contribution >= 4 is 5.91 Å². The first-order valence-corrected chi connectivity index (χ1v) is 9.64. The summed E-state index contributed by atoms with van der Waals surface area (Å²) in [5, 5.41) is 12.1. The number of rotatable bonds is 16. The Morgan fingerprint density at radius 1 is 0.917 bits per heavy atom. The van der Waals surface area contributed by atoms with E-state index in [-0.39, 0.29) is 12.5 Å². The molecule has 0 spiro atoms. The summed E-state index contributed by atoms with van der Waals surface area (Å²) in [5.74, 6) is 0.0751. The number of carbonyl (C=O) groups excluding carboxylic acids is 1. The Morgan fingerprint density at radius 3 is 2.17 bits per heavy atom. The van der Waals surface area contributed by atoms with Gasteiger partial charge in [-0.15, -0.1) is 0 Å². The lowest BCUT2D eigenvalue weighted by atomic mass is 10.2. The minimum atomic E-state index is 0.0751. The van der Waals surface area contributed by atoms with Gasteiger partial charge in [0.25, 0.3) is 0 Å². The number of hydrogen-bond acceptors (Lipinski definition) is 3. The smallest absolute Gasteiger partial charge is 0.223 e. The average Bonchev–Trinajstić information content (AvgIpc) is 2.57. The van der Waals surface area contributed by atoms with Crippen LogP contribution in [0.25, 0.3) is 0 Å². The van der Waals surface area contributed by atoms with Crippen molar-refractivity contribution in [3.05, 3.63) is 24.3 Å². The van der Waals surface area contributed by atoms with Crippen molar-refractivity contribution in [2.24, 2.45) is 0 Å². The highest BCUT2D eigenvalue weighted by molar-refractivity contribution is 5.77. The fraction of sp³-hybridized carbons (Fsp3) is 0.750. The summed E-state index contributed by atoms with van der Waals surface area (Å²) in [6.45, 7) is 7.54. The third kappa shape index (κ3) is 15.8. The number of carbonyl (C=O) groups is 1. The molecule has 1 amide bonds. The number of allylic oxidation sites excluding steroid dienone is 2. The van der Waals surface area contributed by atoms with Crippen LogP contribution < -0.4 is 5.32 Å². The first-order valence-electron chi connectivity index (χ1n) is 9.64. The summed E-state index contributed by atoms with van der Waals surface area (Å²) in [4.78, 5) is 13.9. The fourth-order valence-electron chi connectivity index (χ4n) is 2.35. The number of hydrogen-bond donors (Lipinski definition) is 2. The summed E-state index contributed by atoms with van der Waals surface area (Å²) >= 11 is 0. The Morgan fingerprint density at radius 2 is 1.54 bits per heavy atom. The molecule has 0 heterocycles. The Kier molecular flexibility index (Phi) is 17.4. The zero-order valence-electron chi connectivity index (χ0n) is 15.8. The number of aliphatic hydroxyl groups excluding tert-OH is 1. The zero-order chi connectivity index (χ0) is 17.9. The molecule has 0 aromatic rings. The maximum Gasteiger partial charge on any atom is 0.223 e. The number of unbranched alkanes of at least 4 members (excludes halogenated alkanes) is 4. The Balaban J connectivity index is 3.81. The van der Waals surface area contributed by atoms with Crippen LogP contribution >= 0.6 is 0 Å². The molecule has 0 unspecified atom stereocenters. The largest absolute Gasteiger partial charge is 0.395 e. The van der Waals surface area contributed by atoms with Gasteiger partial charge in [0, 0.05) is 32.6 Å². The number of aliphatic hydroxyl groups is 1. The molecule has 4 heteroatoms. The van der Waals surface area contributed by atoms with Gasteiger partial charge in [-0.2, -0.15) is 0 Å². The van der Waals surface area contributed by atoms with Crippen LogP contribution in [0.4, 0.5) is 0 Å². The average molecular weight is 339 g/mol. The predicted octanol–water partition coefficient (Wildman–Crippen LogP) is 3.67. The lowest BCUT2D eigenvalue weighted by Crippen LogP contribution is -2.36. The van der Waals surface area contributed by atoms with Gasteiger partial charge in [0.05, 0.1) is 6.61 Å². The van der Waals surface area contributed by atoms with E-state index in [0.717, 1.165) is 32.4 Å². The van der Waals surface area contributed by atoms with E-state index in [9.17, 15) is 4.79 Å². The second-order valence-corrected chi connectivity index (χ2v) is 6.14. The molecular formula is C20H38N2O2. The second-order valence-electron chi connectivity index (χ2n) is 6.14. The molecule has 2 N–H and O–H groups in total. The van der Waals surface area contributed by atoms with Crippen molar-refractivity contribution in [1.29, 1.82) is 0 Å². The standard InChI is InChI=1S/C20H38N2O2/c1-3-5-7-9-11-13-16-22(18-19-23)17-15-21-20(24)14-12-10-8-6-4-2/h9-12,23H,3-8,13-19H2,1-2H3,(H,21,24)/b11-9+,12-10+. The monoisotopic (exact) mass is 338 g/mol. The van der Waals surface area contributed by atoms with Crippen molar-refractivity contribution in [2.45, 2.75) is 65.2 Å². The molecule has 24 heavy (non-hydrogen) atoms. The minimum Gasteiger partial charge on any atom is -0.395 e. The zero-order valence-corrected chi connectivity index (χ0v) is 15.8. The van der Waals surface area contributed by atoms with Gasteiger partial charge in [-0.05, 0) is 19.3 Å². The highest BCUT2D eigenvalue weighted by Gasteiger charge is 2.04. The quantitative estimate of drug-likeness (QED) is 0.333. The number of nitrogens with one attached hydrogen (secondary N) is 1. The highest BCUT2D eigenvalue weighted by Crippen LogP contribution is 1.98. The molecule has 0 aliphatic heterocycles. The molecule has 0 aliphatic carbocycles. The van der Waals surface area contributed by atoms with Crippen LogP contribution in [0.2, 0.25) is 0 Å². The molecule has 0 aromatic heterocycles. The molecule has 0 saturated carbocycles. The normalized spacial score (nSPS) is 11.8. The van der Waals surface area contributed by atoms with Crippen molar-refractivity contribution in [1.82, 2.24) is 10.2 Å². The number of amides is 1. The van der Waals surface area contributed by atoms with Gasteiger partial charge >= 0.3 is 0 Å². The minimum absolute atomic E-state index is 0.0751. The molecular weight excluding hydrogens is 300 g/mol. The van der Waals surface area contributed by atoms with Crippen LogP contribution in [-0.4, -0.2) is 48.7 Å². The second kappa shape index (κ2) is 18.2. The summed E-state index contributed by atoms with van der Waals surface area (Å²) in [7, 11) is 0. The van der Waals surface area contributed by atoms with Crippen molar-refractivity contribution in [2.75, 3.05) is 32.8 Å². The SMILES string of the molecule is CCCC/C=C/CCN(CCO)CCNC(=O)C/C=C/CCCC. The predicted molar refractivity (Wildman–Crippen MR) is 103 cm³/mol. The third-order valence-corrected chi connectivity index (χ3v) is 3.86. The lowest BCUT2D eigenvalue weighted by Gasteiger charge is -2.20.